The highest BCUT2D eigenvalue weighted by molar-refractivity contribution is 7.89. The molecular formula is C24H17F7N4O3S. The first-order valence-corrected chi connectivity index (χ1v) is 12.4. The van der Waals surface area contributed by atoms with Crippen molar-refractivity contribution in [2.24, 2.45) is 5.73 Å². The maximum atomic E-state index is 13.3. The van der Waals surface area contributed by atoms with Gasteiger partial charge in [-0.25, -0.2) is 22.8 Å². The van der Waals surface area contributed by atoms with Crippen LogP contribution in [0.25, 0.3) is 23.0 Å². The van der Waals surface area contributed by atoms with Crippen LogP contribution in [0.1, 0.15) is 22.4 Å². The number of hydrogen-bond donors (Lipinski definition) is 1. The molecule has 206 valence electrons. The lowest BCUT2D eigenvalue weighted by atomic mass is 10.0. The monoisotopic (exact) mass is 574 g/mol. The molecular weight excluding hydrogens is 557 g/mol. The Morgan fingerprint density at radius 2 is 1.59 bits per heavy atom. The van der Waals surface area contributed by atoms with E-state index in [4.69, 9.17) is 5.73 Å². The van der Waals surface area contributed by atoms with Crippen LogP contribution in [0, 0.1) is 0 Å². The summed E-state index contributed by atoms with van der Waals surface area (Å²) in [6.45, 7) is -0.638. The van der Waals surface area contributed by atoms with Crippen LogP contribution in [0.4, 0.5) is 30.7 Å². The minimum atomic E-state index is -5.08. The summed E-state index contributed by atoms with van der Waals surface area (Å²) >= 11 is 0. The molecule has 0 spiro atoms. The minimum Gasteiger partial charge on any atom is -0.366 e. The van der Waals surface area contributed by atoms with Gasteiger partial charge < -0.3 is 5.73 Å². The van der Waals surface area contributed by atoms with Crippen molar-refractivity contribution in [1.29, 1.82) is 0 Å². The van der Waals surface area contributed by atoms with E-state index >= 15 is 0 Å². The largest absolute Gasteiger partial charge is 0.416 e. The average Bonchev–Trinajstić information content (AvgIpc) is 2.84. The van der Waals surface area contributed by atoms with Crippen molar-refractivity contribution < 1.29 is 43.9 Å². The first kappa shape index (κ1) is 28.2. The number of halogens is 7. The standard InChI is InChI=1S/C24H17F7N4O3S/c25-17-11-35(12-17)39(37,38)19-3-1-2-13(8-19)20(21(32)36)10-18-4-5-33-22(34-18)14-6-15(23(26,27)28)9-16(7-14)24(29,30)31/h1-10,17H,11-12H2,(H2,32,36)/b20-10+. The topological polar surface area (TPSA) is 106 Å². The van der Waals surface area contributed by atoms with Crippen molar-refractivity contribution >= 4 is 27.6 Å². The Labute approximate surface area is 216 Å². The second kappa shape index (κ2) is 10.0. The number of aromatic nitrogens is 2. The fraction of sp³-hybridized carbons (Fsp3) is 0.208. The van der Waals surface area contributed by atoms with Crippen LogP contribution >= 0.6 is 0 Å². The molecule has 15 heteroatoms. The zero-order valence-corrected chi connectivity index (χ0v) is 20.3. The van der Waals surface area contributed by atoms with Crippen LogP contribution < -0.4 is 5.73 Å². The number of sulfonamides is 1. The van der Waals surface area contributed by atoms with Crippen LogP contribution in [0.3, 0.4) is 0 Å². The molecule has 4 rings (SSSR count). The van der Waals surface area contributed by atoms with Gasteiger partial charge in [0.2, 0.25) is 15.9 Å². The molecule has 0 aliphatic carbocycles. The van der Waals surface area contributed by atoms with Crippen LogP contribution in [0.15, 0.2) is 59.6 Å². The van der Waals surface area contributed by atoms with Crippen LogP contribution in [-0.4, -0.2) is 47.9 Å². The molecule has 1 saturated heterocycles. The highest BCUT2D eigenvalue weighted by atomic mass is 32.2. The third-order valence-electron chi connectivity index (χ3n) is 5.67. The van der Waals surface area contributed by atoms with Crippen LogP contribution in [0.2, 0.25) is 0 Å². The van der Waals surface area contributed by atoms with Crippen molar-refractivity contribution in [3.05, 3.63) is 77.1 Å². The minimum absolute atomic E-state index is 0.0273. The van der Waals surface area contributed by atoms with Gasteiger partial charge in [0.05, 0.1) is 21.7 Å². The maximum Gasteiger partial charge on any atom is 0.416 e. The summed E-state index contributed by atoms with van der Waals surface area (Å²) in [5, 5.41) is 0. The van der Waals surface area contributed by atoms with Gasteiger partial charge in [-0.1, -0.05) is 12.1 Å². The van der Waals surface area contributed by atoms with Crippen molar-refractivity contribution in [2.75, 3.05) is 13.1 Å². The van der Waals surface area contributed by atoms with E-state index in [0.717, 1.165) is 22.6 Å². The molecule has 39 heavy (non-hydrogen) atoms. The van der Waals surface area contributed by atoms with Gasteiger partial charge in [0.15, 0.2) is 5.82 Å². The summed E-state index contributed by atoms with van der Waals surface area (Å²) in [6, 6.07) is 7.13. The number of nitrogens with zero attached hydrogens (tertiary/aromatic N) is 3. The number of benzene rings is 2. The van der Waals surface area contributed by atoms with E-state index in [-0.39, 0.29) is 40.9 Å². The van der Waals surface area contributed by atoms with Gasteiger partial charge in [0, 0.05) is 30.4 Å². The third-order valence-corrected chi connectivity index (χ3v) is 7.49. The zero-order chi connectivity index (χ0) is 28.8. The summed E-state index contributed by atoms with van der Waals surface area (Å²) in [7, 11) is -4.06. The number of primary amides is 1. The highest BCUT2D eigenvalue weighted by Crippen LogP contribution is 2.38. The van der Waals surface area contributed by atoms with E-state index < -0.39 is 57.0 Å². The van der Waals surface area contributed by atoms with E-state index in [9.17, 15) is 43.9 Å². The Kier molecular flexibility index (Phi) is 7.25. The van der Waals surface area contributed by atoms with Gasteiger partial charge in [0.1, 0.15) is 6.17 Å². The number of hydrogen-bond acceptors (Lipinski definition) is 5. The second-order valence-corrected chi connectivity index (χ2v) is 10.4. The first-order valence-electron chi connectivity index (χ1n) is 10.9. The number of carbonyl (C=O) groups is 1. The predicted molar refractivity (Wildman–Crippen MR) is 125 cm³/mol. The van der Waals surface area contributed by atoms with Crippen LogP contribution in [-0.2, 0) is 27.2 Å². The molecule has 1 aliphatic rings. The van der Waals surface area contributed by atoms with Crippen molar-refractivity contribution in [3.63, 3.8) is 0 Å². The lowest BCUT2D eigenvalue weighted by molar-refractivity contribution is -0.143. The Morgan fingerprint density at radius 1 is 0.974 bits per heavy atom. The molecule has 0 saturated carbocycles. The number of rotatable bonds is 6. The summed E-state index contributed by atoms with van der Waals surface area (Å²) < 4.78 is 119. The van der Waals surface area contributed by atoms with Gasteiger partial charge in [-0.2, -0.15) is 30.6 Å². The summed E-state index contributed by atoms with van der Waals surface area (Å²) in [6.07, 6.45) is -9.32. The molecule has 0 unspecified atom stereocenters. The van der Waals surface area contributed by atoms with Gasteiger partial charge >= 0.3 is 12.4 Å². The summed E-state index contributed by atoms with van der Waals surface area (Å²) in [4.78, 5) is 19.7. The molecule has 3 aromatic rings. The molecule has 2 aromatic carbocycles. The maximum absolute atomic E-state index is 13.3. The van der Waals surface area contributed by atoms with E-state index in [1.165, 1.54) is 24.3 Å². The number of carbonyl (C=O) groups excluding carboxylic acids is 1. The van der Waals surface area contributed by atoms with Gasteiger partial charge in [-0.3, -0.25) is 4.79 Å². The molecule has 1 amide bonds. The fourth-order valence-electron chi connectivity index (χ4n) is 3.68. The average molecular weight is 574 g/mol. The van der Waals surface area contributed by atoms with E-state index in [1.807, 2.05) is 0 Å². The molecule has 2 heterocycles. The molecule has 7 nitrogen and oxygen atoms in total. The third kappa shape index (κ3) is 6.09. The normalized spacial score (nSPS) is 15.7. The Morgan fingerprint density at radius 3 is 2.13 bits per heavy atom. The Balaban J connectivity index is 1.76. The molecule has 0 bridgehead atoms. The van der Waals surface area contributed by atoms with E-state index in [2.05, 4.69) is 9.97 Å². The number of alkyl halides is 7. The zero-order valence-electron chi connectivity index (χ0n) is 19.5. The Bertz CT molecular complexity index is 1530. The molecule has 2 N–H and O–H groups in total. The lowest BCUT2D eigenvalue weighted by Gasteiger charge is -2.33. The first-order chi connectivity index (χ1) is 18.1. The van der Waals surface area contributed by atoms with Gasteiger partial charge in [-0.05, 0) is 48.0 Å². The van der Waals surface area contributed by atoms with Crippen molar-refractivity contribution in [2.45, 2.75) is 23.4 Å². The van der Waals surface area contributed by atoms with Crippen molar-refractivity contribution in [3.8, 4) is 11.4 Å². The second-order valence-electron chi connectivity index (χ2n) is 8.47. The van der Waals surface area contributed by atoms with E-state index in [1.54, 1.807) is 0 Å². The summed E-state index contributed by atoms with van der Waals surface area (Å²) in [5.41, 5.74) is 1.41. The molecule has 1 fully saturated rings. The quantitative estimate of drug-likeness (QED) is 0.344. The SMILES string of the molecule is NC(=O)/C(=C/c1ccnc(-c2cc(C(F)(F)F)cc(C(F)(F)F)c2)n1)c1cccc(S(=O)(=O)N2CC(F)C2)c1. The lowest BCUT2D eigenvalue weighted by Crippen LogP contribution is -2.51. The molecule has 1 aromatic heterocycles. The molecule has 0 atom stereocenters. The molecule has 1 aliphatic heterocycles. The number of nitrogens with two attached hydrogens (primary N) is 1. The van der Waals surface area contributed by atoms with Gasteiger partial charge in [0.25, 0.3) is 0 Å². The van der Waals surface area contributed by atoms with Gasteiger partial charge in [-0.15, -0.1) is 0 Å². The van der Waals surface area contributed by atoms with Crippen molar-refractivity contribution in [1.82, 2.24) is 14.3 Å². The smallest absolute Gasteiger partial charge is 0.366 e. The summed E-state index contributed by atoms with van der Waals surface area (Å²) in [5.74, 6) is -1.53. The predicted octanol–water partition coefficient (Wildman–Crippen LogP) is 4.55. The molecule has 0 radical (unpaired) electrons. The Hall–Kier alpha value is -3.85. The van der Waals surface area contributed by atoms with Crippen LogP contribution in [0.5, 0.6) is 0 Å². The van der Waals surface area contributed by atoms with E-state index in [0.29, 0.717) is 12.1 Å². The fourth-order valence-corrected chi connectivity index (χ4v) is 5.22. The highest BCUT2D eigenvalue weighted by Gasteiger charge is 2.38. The number of amides is 1.